The number of thiophene rings is 1. The van der Waals surface area contributed by atoms with Gasteiger partial charge in [-0.2, -0.15) is 0 Å². The van der Waals surface area contributed by atoms with Crippen molar-refractivity contribution in [2.45, 2.75) is 26.3 Å². The minimum Gasteiger partial charge on any atom is -0.368 e. The first-order chi connectivity index (χ1) is 15.0. The van der Waals surface area contributed by atoms with Crippen LogP contribution in [-0.4, -0.2) is 61.4 Å². The molecular formula is C23H30N4O3S. The lowest BCUT2D eigenvalue weighted by Gasteiger charge is -2.36. The van der Waals surface area contributed by atoms with Crippen LogP contribution in [0.25, 0.3) is 0 Å². The molecule has 0 aliphatic carbocycles. The fraction of sp³-hybridized carbons (Fsp3) is 0.435. The SMILES string of the molecule is CC(C)C(NC(=O)c1cccs1)C(=O)NCCC(=O)N1CCN(c2ccccc2)CC1. The molecule has 1 atom stereocenters. The van der Waals surface area contributed by atoms with Crippen molar-refractivity contribution in [1.82, 2.24) is 15.5 Å². The number of nitrogens with one attached hydrogen (secondary N) is 2. The Hall–Kier alpha value is -2.87. The predicted molar refractivity (Wildman–Crippen MR) is 123 cm³/mol. The number of rotatable bonds is 8. The number of amides is 3. The van der Waals surface area contributed by atoms with Gasteiger partial charge in [0.1, 0.15) is 6.04 Å². The van der Waals surface area contributed by atoms with E-state index >= 15 is 0 Å². The van der Waals surface area contributed by atoms with Gasteiger partial charge in [0.05, 0.1) is 4.88 Å². The van der Waals surface area contributed by atoms with Gasteiger partial charge in [-0.15, -0.1) is 11.3 Å². The third-order valence-corrected chi connectivity index (χ3v) is 6.24. The van der Waals surface area contributed by atoms with Gasteiger partial charge < -0.3 is 20.4 Å². The minimum absolute atomic E-state index is 0.0386. The summed E-state index contributed by atoms with van der Waals surface area (Å²) in [4.78, 5) is 42.1. The summed E-state index contributed by atoms with van der Waals surface area (Å²) in [5, 5.41) is 7.43. The molecule has 166 valence electrons. The summed E-state index contributed by atoms with van der Waals surface area (Å²) >= 11 is 1.34. The molecule has 2 N–H and O–H groups in total. The fourth-order valence-corrected chi connectivity index (χ4v) is 4.20. The van der Waals surface area contributed by atoms with Crippen molar-refractivity contribution in [3.63, 3.8) is 0 Å². The van der Waals surface area contributed by atoms with E-state index < -0.39 is 6.04 Å². The summed E-state index contributed by atoms with van der Waals surface area (Å²) < 4.78 is 0. The Morgan fingerprint density at radius 2 is 1.71 bits per heavy atom. The second-order valence-corrected chi connectivity index (χ2v) is 8.86. The van der Waals surface area contributed by atoms with Crippen LogP contribution in [0.5, 0.6) is 0 Å². The number of nitrogens with zero attached hydrogens (tertiary/aromatic N) is 2. The average molecular weight is 443 g/mol. The minimum atomic E-state index is -0.640. The molecule has 1 aliphatic heterocycles. The Kier molecular flexibility index (Phi) is 8.06. The third kappa shape index (κ3) is 6.30. The monoisotopic (exact) mass is 442 g/mol. The van der Waals surface area contributed by atoms with E-state index in [2.05, 4.69) is 27.7 Å². The fourth-order valence-electron chi connectivity index (χ4n) is 3.57. The standard InChI is InChI=1S/C23H30N4O3S/c1-17(2)21(25-22(29)19-9-6-16-31-19)23(30)24-11-10-20(28)27-14-12-26(13-15-27)18-7-4-3-5-8-18/h3-9,16-17,21H,10-15H2,1-2H3,(H,24,30)(H,25,29). The Labute approximate surface area is 187 Å². The van der Waals surface area contributed by atoms with Crippen LogP contribution in [0.1, 0.15) is 29.9 Å². The lowest BCUT2D eigenvalue weighted by molar-refractivity contribution is -0.131. The number of anilines is 1. The van der Waals surface area contributed by atoms with Gasteiger partial charge in [0, 0.05) is 44.8 Å². The van der Waals surface area contributed by atoms with Crippen molar-refractivity contribution >= 4 is 34.7 Å². The second-order valence-electron chi connectivity index (χ2n) is 7.92. The molecule has 7 nitrogen and oxygen atoms in total. The van der Waals surface area contributed by atoms with Crippen LogP contribution in [0, 0.1) is 5.92 Å². The van der Waals surface area contributed by atoms with E-state index in [4.69, 9.17) is 0 Å². The van der Waals surface area contributed by atoms with Crippen molar-refractivity contribution in [3.05, 3.63) is 52.7 Å². The number of hydrogen-bond acceptors (Lipinski definition) is 5. The van der Waals surface area contributed by atoms with E-state index in [0.29, 0.717) is 18.0 Å². The molecule has 2 heterocycles. The maximum absolute atomic E-state index is 12.6. The molecular weight excluding hydrogens is 412 g/mol. The largest absolute Gasteiger partial charge is 0.368 e. The average Bonchev–Trinajstić information content (AvgIpc) is 3.33. The van der Waals surface area contributed by atoms with Gasteiger partial charge in [0.15, 0.2) is 0 Å². The number of carbonyl (C=O) groups excluding carboxylic acids is 3. The molecule has 0 bridgehead atoms. The number of hydrogen-bond donors (Lipinski definition) is 2. The van der Waals surface area contributed by atoms with E-state index in [1.807, 2.05) is 42.3 Å². The summed E-state index contributed by atoms with van der Waals surface area (Å²) in [5.74, 6) is -0.541. The van der Waals surface area contributed by atoms with Crippen molar-refractivity contribution < 1.29 is 14.4 Å². The molecule has 0 spiro atoms. The summed E-state index contributed by atoms with van der Waals surface area (Å²) in [6, 6.07) is 13.1. The third-order valence-electron chi connectivity index (χ3n) is 5.37. The number of piperazine rings is 1. The van der Waals surface area contributed by atoms with Gasteiger partial charge in [-0.05, 0) is 29.5 Å². The van der Waals surface area contributed by atoms with Crippen LogP contribution in [0.15, 0.2) is 47.8 Å². The highest BCUT2D eigenvalue weighted by Crippen LogP contribution is 2.16. The van der Waals surface area contributed by atoms with Crippen LogP contribution in [-0.2, 0) is 9.59 Å². The summed E-state index contributed by atoms with van der Waals surface area (Å²) in [6.45, 7) is 6.97. The second kappa shape index (κ2) is 10.9. The Morgan fingerprint density at radius 1 is 1.00 bits per heavy atom. The first-order valence-electron chi connectivity index (χ1n) is 10.7. The molecule has 1 unspecified atom stereocenters. The smallest absolute Gasteiger partial charge is 0.262 e. The first-order valence-corrected chi connectivity index (χ1v) is 11.5. The number of benzene rings is 1. The first kappa shape index (κ1) is 22.8. The highest BCUT2D eigenvalue weighted by atomic mass is 32.1. The highest BCUT2D eigenvalue weighted by molar-refractivity contribution is 7.12. The normalized spacial score (nSPS) is 14.9. The van der Waals surface area contributed by atoms with E-state index in [1.54, 1.807) is 12.1 Å². The van der Waals surface area contributed by atoms with Crippen molar-refractivity contribution in [3.8, 4) is 0 Å². The summed E-state index contributed by atoms with van der Waals surface area (Å²) in [5.41, 5.74) is 1.17. The van der Waals surface area contributed by atoms with Crippen LogP contribution < -0.4 is 15.5 Å². The Bertz CT molecular complexity index is 862. The lowest BCUT2D eigenvalue weighted by Crippen LogP contribution is -2.51. The van der Waals surface area contributed by atoms with Crippen molar-refractivity contribution in [1.29, 1.82) is 0 Å². The molecule has 1 aromatic carbocycles. The highest BCUT2D eigenvalue weighted by Gasteiger charge is 2.26. The van der Waals surface area contributed by atoms with Crippen molar-refractivity contribution in [2.75, 3.05) is 37.6 Å². The van der Waals surface area contributed by atoms with Crippen LogP contribution in [0.4, 0.5) is 5.69 Å². The zero-order chi connectivity index (χ0) is 22.2. The maximum Gasteiger partial charge on any atom is 0.262 e. The zero-order valence-corrected chi connectivity index (χ0v) is 18.9. The van der Waals surface area contributed by atoms with Crippen LogP contribution in [0.2, 0.25) is 0 Å². The van der Waals surface area contributed by atoms with Crippen LogP contribution in [0.3, 0.4) is 0 Å². The van der Waals surface area contributed by atoms with E-state index in [9.17, 15) is 14.4 Å². The summed E-state index contributed by atoms with van der Waals surface area (Å²) in [7, 11) is 0. The molecule has 31 heavy (non-hydrogen) atoms. The molecule has 1 aliphatic rings. The van der Waals surface area contributed by atoms with Gasteiger partial charge >= 0.3 is 0 Å². The number of carbonyl (C=O) groups is 3. The topological polar surface area (TPSA) is 81.8 Å². The number of para-hydroxylation sites is 1. The molecule has 0 radical (unpaired) electrons. The van der Waals surface area contributed by atoms with E-state index in [0.717, 1.165) is 13.1 Å². The van der Waals surface area contributed by atoms with Gasteiger partial charge in [-0.1, -0.05) is 38.1 Å². The molecule has 3 amide bonds. The molecule has 1 aromatic heterocycles. The van der Waals surface area contributed by atoms with Gasteiger partial charge in [-0.25, -0.2) is 0 Å². The van der Waals surface area contributed by atoms with Gasteiger partial charge in [0.2, 0.25) is 11.8 Å². The lowest BCUT2D eigenvalue weighted by atomic mass is 10.0. The van der Waals surface area contributed by atoms with E-state index in [-0.39, 0.29) is 36.6 Å². The molecule has 1 saturated heterocycles. The molecule has 8 heteroatoms. The maximum atomic E-state index is 12.6. The van der Waals surface area contributed by atoms with Gasteiger partial charge in [0.25, 0.3) is 5.91 Å². The molecule has 2 aromatic rings. The van der Waals surface area contributed by atoms with Crippen molar-refractivity contribution in [2.24, 2.45) is 5.92 Å². The van der Waals surface area contributed by atoms with E-state index in [1.165, 1.54) is 17.0 Å². The van der Waals surface area contributed by atoms with Crippen LogP contribution >= 0.6 is 11.3 Å². The molecule has 1 fully saturated rings. The molecule has 0 saturated carbocycles. The zero-order valence-electron chi connectivity index (χ0n) is 18.0. The predicted octanol–water partition coefficient (Wildman–Crippen LogP) is 2.36. The molecule has 3 rings (SSSR count). The summed E-state index contributed by atoms with van der Waals surface area (Å²) in [6.07, 6.45) is 0.251. The Morgan fingerprint density at radius 3 is 2.32 bits per heavy atom. The quantitative estimate of drug-likeness (QED) is 0.658. The Balaban J connectivity index is 1.41. The van der Waals surface area contributed by atoms with Gasteiger partial charge in [-0.3, -0.25) is 14.4 Å².